The number of sulfonamides is 1. The molecule has 0 bridgehead atoms. The van der Waals surface area contributed by atoms with Gasteiger partial charge in [0.15, 0.2) is 0 Å². The van der Waals surface area contributed by atoms with Crippen LogP contribution in [0, 0.1) is 11.3 Å². The number of aliphatic hydroxyl groups excluding tert-OH is 1. The minimum Gasteiger partial charge on any atom is -0.392 e. The smallest absolute Gasteiger partial charge is 0.215 e. The van der Waals surface area contributed by atoms with Crippen molar-refractivity contribution in [2.45, 2.75) is 38.0 Å². The van der Waals surface area contributed by atoms with Crippen molar-refractivity contribution in [3.63, 3.8) is 0 Å². The topological polar surface area (TPSA) is 66.4 Å². The van der Waals surface area contributed by atoms with Crippen molar-refractivity contribution < 1.29 is 13.5 Å². The lowest BCUT2D eigenvalue weighted by Crippen LogP contribution is -2.32. The normalized spacial score (nSPS) is 20.9. The Bertz CT molecular complexity index is 589. The second-order valence-corrected chi connectivity index (χ2v) is 8.00. The molecule has 0 aromatic heterocycles. The summed E-state index contributed by atoms with van der Waals surface area (Å²) in [6.45, 7) is 0.534. The lowest BCUT2D eigenvalue weighted by atomic mass is 10.0. The van der Waals surface area contributed by atoms with Gasteiger partial charge in [-0.1, -0.05) is 24.3 Å². The Morgan fingerprint density at radius 1 is 1.25 bits per heavy atom. The van der Waals surface area contributed by atoms with Crippen LogP contribution in [0.25, 0.3) is 0 Å². The van der Waals surface area contributed by atoms with Crippen molar-refractivity contribution in [1.82, 2.24) is 4.72 Å². The minimum atomic E-state index is -3.29. The number of nitrogens with one attached hydrogen (secondary N) is 1. The van der Waals surface area contributed by atoms with E-state index in [-0.39, 0.29) is 17.8 Å². The van der Waals surface area contributed by atoms with Crippen molar-refractivity contribution >= 4 is 10.0 Å². The summed E-state index contributed by atoms with van der Waals surface area (Å²) in [7, 11) is -3.29. The van der Waals surface area contributed by atoms with E-state index < -0.39 is 10.0 Å². The summed E-state index contributed by atoms with van der Waals surface area (Å²) in [6.07, 6.45) is 4.86. The molecular weight excluding hydrogens is 274 g/mol. The number of hydrogen-bond acceptors (Lipinski definition) is 3. The largest absolute Gasteiger partial charge is 0.392 e. The minimum absolute atomic E-state index is 0.0123. The zero-order valence-corrected chi connectivity index (χ0v) is 12.3. The van der Waals surface area contributed by atoms with Crippen LogP contribution in [-0.4, -0.2) is 20.1 Å². The average Bonchev–Trinajstić information content (AvgIpc) is 3.27. The van der Waals surface area contributed by atoms with Crippen molar-refractivity contribution in [2.75, 3.05) is 6.54 Å². The van der Waals surface area contributed by atoms with E-state index in [1.165, 1.54) is 25.7 Å². The van der Waals surface area contributed by atoms with Gasteiger partial charge in [-0.2, -0.15) is 0 Å². The monoisotopic (exact) mass is 295 g/mol. The van der Waals surface area contributed by atoms with Gasteiger partial charge in [-0.3, -0.25) is 0 Å². The third kappa shape index (κ3) is 3.22. The first-order chi connectivity index (χ1) is 9.53. The van der Waals surface area contributed by atoms with E-state index in [2.05, 4.69) is 4.72 Å². The van der Waals surface area contributed by atoms with Gasteiger partial charge in [0.1, 0.15) is 0 Å². The lowest BCUT2D eigenvalue weighted by molar-refractivity contribution is 0.282. The zero-order valence-electron chi connectivity index (χ0n) is 11.5. The Morgan fingerprint density at radius 2 is 1.95 bits per heavy atom. The highest BCUT2D eigenvalue weighted by atomic mass is 32.2. The second-order valence-electron chi connectivity index (χ2n) is 6.19. The fourth-order valence-corrected chi connectivity index (χ4v) is 4.16. The second kappa shape index (κ2) is 5.13. The van der Waals surface area contributed by atoms with Gasteiger partial charge >= 0.3 is 0 Å². The fourth-order valence-electron chi connectivity index (χ4n) is 2.93. The fraction of sp³-hybridized carbons (Fsp3) is 0.600. The van der Waals surface area contributed by atoms with Crippen molar-refractivity contribution in [2.24, 2.45) is 11.3 Å². The summed E-state index contributed by atoms with van der Waals surface area (Å²) in [5.41, 5.74) is 1.75. The average molecular weight is 295 g/mol. The number of benzene rings is 1. The van der Waals surface area contributed by atoms with E-state index in [4.69, 9.17) is 5.11 Å². The van der Waals surface area contributed by atoms with E-state index in [1.807, 2.05) is 0 Å². The molecule has 0 unspecified atom stereocenters. The summed E-state index contributed by atoms with van der Waals surface area (Å²) >= 11 is 0. The molecule has 0 saturated heterocycles. The molecule has 2 aliphatic rings. The first-order valence-corrected chi connectivity index (χ1v) is 8.84. The van der Waals surface area contributed by atoms with Gasteiger partial charge in [-0.15, -0.1) is 0 Å². The Morgan fingerprint density at radius 3 is 2.55 bits per heavy atom. The molecule has 0 atom stereocenters. The van der Waals surface area contributed by atoms with E-state index in [0.29, 0.717) is 6.54 Å². The van der Waals surface area contributed by atoms with Crippen LogP contribution in [0.1, 0.15) is 36.8 Å². The molecule has 0 radical (unpaired) electrons. The molecular formula is C15H21NO3S. The van der Waals surface area contributed by atoms with Crippen LogP contribution >= 0.6 is 0 Å². The predicted octanol–water partition coefficient (Wildman–Crippen LogP) is 1.79. The Hall–Kier alpha value is -0.910. The molecule has 0 spiro atoms. The maximum absolute atomic E-state index is 12.1. The Labute approximate surface area is 120 Å². The number of hydrogen-bond donors (Lipinski definition) is 2. The molecule has 4 nitrogen and oxygen atoms in total. The van der Waals surface area contributed by atoms with Crippen LogP contribution in [0.4, 0.5) is 0 Å². The third-order valence-corrected chi connectivity index (χ3v) is 5.81. The number of aliphatic hydroxyl groups is 1. The predicted molar refractivity (Wildman–Crippen MR) is 77.4 cm³/mol. The summed E-state index contributed by atoms with van der Waals surface area (Å²) in [5, 5.41) is 9.08. The van der Waals surface area contributed by atoms with Gasteiger partial charge in [0.2, 0.25) is 10.0 Å². The van der Waals surface area contributed by atoms with E-state index in [9.17, 15) is 8.42 Å². The molecule has 5 heteroatoms. The van der Waals surface area contributed by atoms with Gasteiger partial charge in [0.05, 0.1) is 12.4 Å². The maximum atomic E-state index is 12.1. The first-order valence-electron chi connectivity index (χ1n) is 7.19. The maximum Gasteiger partial charge on any atom is 0.215 e. The standard InChI is InChI=1S/C15H21NO3S/c17-9-12-2-1-3-13(8-12)10-20(18,19)16-11-15(6-7-15)14-4-5-14/h1-3,8,14,16-17H,4-7,9-11H2. The van der Waals surface area contributed by atoms with E-state index in [1.54, 1.807) is 24.3 Å². The summed E-state index contributed by atoms with van der Waals surface area (Å²) < 4.78 is 27.1. The molecule has 1 aromatic rings. The van der Waals surface area contributed by atoms with Gasteiger partial charge in [0.25, 0.3) is 0 Å². The van der Waals surface area contributed by atoms with Crippen LogP contribution in [0.5, 0.6) is 0 Å². The van der Waals surface area contributed by atoms with Gasteiger partial charge < -0.3 is 5.11 Å². The van der Waals surface area contributed by atoms with Crippen LogP contribution in [0.15, 0.2) is 24.3 Å². The van der Waals surface area contributed by atoms with E-state index in [0.717, 1.165) is 17.0 Å². The SMILES string of the molecule is O=S(=O)(Cc1cccc(CO)c1)NCC1(C2CC2)CC1. The van der Waals surface area contributed by atoms with Gasteiger partial charge in [-0.05, 0) is 48.1 Å². The van der Waals surface area contributed by atoms with Crippen LogP contribution < -0.4 is 4.72 Å². The van der Waals surface area contributed by atoms with Crippen LogP contribution in [-0.2, 0) is 22.4 Å². The zero-order chi connectivity index (χ0) is 14.2. The highest BCUT2D eigenvalue weighted by Crippen LogP contribution is 2.60. The van der Waals surface area contributed by atoms with Crippen molar-refractivity contribution in [3.05, 3.63) is 35.4 Å². The molecule has 2 N–H and O–H groups in total. The third-order valence-electron chi connectivity index (χ3n) is 4.51. The molecule has 0 aliphatic heterocycles. The molecule has 1 aromatic carbocycles. The lowest BCUT2D eigenvalue weighted by Gasteiger charge is -2.15. The molecule has 2 saturated carbocycles. The highest BCUT2D eigenvalue weighted by Gasteiger charge is 2.53. The Kier molecular flexibility index (Phi) is 3.60. The quantitative estimate of drug-likeness (QED) is 0.806. The molecule has 3 rings (SSSR count). The summed E-state index contributed by atoms with van der Waals surface area (Å²) in [5.74, 6) is 0.740. The molecule has 2 fully saturated rings. The number of rotatable bonds is 7. The summed E-state index contributed by atoms with van der Waals surface area (Å²) in [6, 6.07) is 7.10. The molecule has 0 heterocycles. The van der Waals surface area contributed by atoms with Crippen LogP contribution in [0.2, 0.25) is 0 Å². The summed E-state index contributed by atoms with van der Waals surface area (Å²) in [4.78, 5) is 0. The van der Waals surface area contributed by atoms with Gasteiger partial charge in [-0.25, -0.2) is 13.1 Å². The van der Waals surface area contributed by atoms with Crippen molar-refractivity contribution in [3.8, 4) is 0 Å². The van der Waals surface area contributed by atoms with Crippen LogP contribution in [0.3, 0.4) is 0 Å². The van der Waals surface area contributed by atoms with Crippen molar-refractivity contribution in [1.29, 1.82) is 0 Å². The molecule has 2 aliphatic carbocycles. The first kappa shape index (κ1) is 14.0. The molecule has 110 valence electrons. The molecule has 0 amide bonds. The Balaban J connectivity index is 1.60. The van der Waals surface area contributed by atoms with Gasteiger partial charge in [0, 0.05) is 6.54 Å². The van der Waals surface area contributed by atoms with E-state index >= 15 is 0 Å². The molecule has 20 heavy (non-hydrogen) atoms. The highest BCUT2D eigenvalue weighted by molar-refractivity contribution is 7.88.